The average Bonchev–Trinajstić information content (AvgIpc) is 3.04. The van der Waals surface area contributed by atoms with E-state index in [1.165, 1.54) is 11.3 Å². The van der Waals surface area contributed by atoms with Crippen molar-refractivity contribution < 1.29 is 17.9 Å². The van der Waals surface area contributed by atoms with Gasteiger partial charge >= 0.3 is 0 Å². The van der Waals surface area contributed by atoms with Gasteiger partial charge in [0.15, 0.2) is 0 Å². The highest BCUT2D eigenvalue weighted by Gasteiger charge is 2.32. The van der Waals surface area contributed by atoms with Gasteiger partial charge in [-0.1, -0.05) is 18.2 Å². The van der Waals surface area contributed by atoms with Crippen LogP contribution in [0.4, 0.5) is 0 Å². The maximum atomic E-state index is 12.4. The van der Waals surface area contributed by atoms with Gasteiger partial charge in [-0.25, -0.2) is 13.1 Å². The molecule has 1 aliphatic heterocycles. The highest BCUT2D eigenvalue weighted by molar-refractivity contribution is 7.91. The molecule has 0 spiro atoms. The second-order valence-electron chi connectivity index (χ2n) is 4.64. The molecule has 2 heterocycles. The van der Waals surface area contributed by atoms with Crippen molar-refractivity contribution >= 4 is 31.4 Å². The van der Waals surface area contributed by atoms with Gasteiger partial charge in [-0.2, -0.15) is 0 Å². The van der Waals surface area contributed by atoms with Crippen LogP contribution in [0.3, 0.4) is 0 Å². The van der Waals surface area contributed by atoms with Crippen molar-refractivity contribution in [3.8, 4) is 0 Å². The number of fused-ring (bicyclic) bond motifs is 1. The summed E-state index contributed by atoms with van der Waals surface area (Å²) in [6.45, 7) is 0.749. The Morgan fingerprint density at radius 3 is 2.90 bits per heavy atom. The van der Waals surface area contributed by atoms with Crippen LogP contribution in [-0.2, 0) is 19.5 Å². The van der Waals surface area contributed by atoms with Gasteiger partial charge in [0.1, 0.15) is 4.21 Å². The number of rotatable bonds is 4. The van der Waals surface area contributed by atoms with Crippen molar-refractivity contribution in [2.45, 2.75) is 16.4 Å². The first-order valence-corrected chi connectivity index (χ1v) is 8.51. The van der Waals surface area contributed by atoms with Crippen LogP contribution in [-0.4, -0.2) is 40.9 Å². The van der Waals surface area contributed by atoms with E-state index in [0.29, 0.717) is 17.4 Å². The minimum atomic E-state index is -3.54. The molecule has 1 aliphatic rings. The summed E-state index contributed by atoms with van der Waals surface area (Å²) < 4.78 is 39.2. The average molecular weight is 313 g/mol. The van der Waals surface area contributed by atoms with Crippen molar-refractivity contribution in [3.63, 3.8) is 0 Å². The van der Waals surface area contributed by atoms with Gasteiger partial charge in [-0.3, -0.25) is 0 Å². The summed E-state index contributed by atoms with van der Waals surface area (Å²) in [5.41, 5.74) is 0. The Hall–Kier alpha value is -0.990. The molecule has 1 aromatic heterocycles. The van der Waals surface area contributed by atoms with Crippen molar-refractivity contribution in [1.29, 1.82) is 0 Å². The Kier molecular flexibility index (Phi) is 3.78. The first-order valence-electron chi connectivity index (χ1n) is 6.21. The Morgan fingerprint density at radius 2 is 2.15 bits per heavy atom. The topological polar surface area (TPSA) is 64.6 Å². The third-order valence-electron chi connectivity index (χ3n) is 3.31. The predicted octanol–water partition coefficient (Wildman–Crippen LogP) is 1.59. The number of methoxy groups -OCH3 is 1. The smallest absolute Gasteiger partial charge is 0.250 e. The SMILES string of the molecule is CO[C@H]1COC[C@@H]1NS(=O)(=O)c1cc2ccccc2s1. The van der Waals surface area contributed by atoms with Crippen molar-refractivity contribution in [2.75, 3.05) is 20.3 Å². The van der Waals surface area contributed by atoms with Gasteiger partial charge in [-0.15, -0.1) is 11.3 Å². The molecule has 2 atom stereocenters. The van der Waals surface area contributed by atoms with Crippen LogP contribution >= 0.6 is 11.3 Å². The summed E-state index contributed by atoms with van der Waals surface area (Å²) in [5, 5.41) is 0.934. The van der Waals surface area contributed by atoms with Gasteiger partial charge in [0.2, 0.25) is 0 Å². The molecule has 7 heteroatoms. The molecule has 1 fully saturated rings. The van der Waals surface area contributed by atoms with E-state index < -0.39 is 10.0 Å². The van der Waals surface area contributed by atoms with Crippen LogP contribution in [0.2, 0.25) is 0 Å². The molecule has 20 heavy (non-hydrogen) atoms. The molecule has 1 saturated heterocycles. The number of sulfonamides is 1. The molecule has 3 rings (SSSR count). The zero-order valence-electron chi connectivity index (χ0n) is 10.9. The minimum absolute atomic E-state index is 0.237. The van der Waals surface area contributed by atoms with Crippen molar-refractivity contribution in [3.05, 3.63) is 30.3 Å². The molecular weight excluding hydrogens is 298 g/mol. The summed E-state index contributed by atoms with van der Waals surface area (Å²) in [6.07, 6.45) is -0.237. The van der Waals surface area contributed by atoms with Crippen molar-refractivity contribution in [2.24, 2.45) is 0 Å². The normalized spacial score (nSPS) is 23.4. The molecule has 0 bridgehead atoms. The van der Waals surface area contributed by atoms with E-state index >= 15 is 0 Å². The van der Waals surface area contributed by atoms with E-state index in [-0.39, 0.29) is 12.1 Å². The zero-order valence-corrected chi connectivity index (χ0v) is 12.5. The number of nitrogens with one attached hydrogen (secondary N) is 1. The molecule has 0 unspecified atom stereocenters. The van der Waals surface area contributed by atoms with Crippen LogP contribution in [0.5, 0.6) is 0 Å². The Bertz CT molecular complexity index is 677. The molecule has 108 valence electrons. The minimum Gasteiger partial charge on any atom is -0.377 e. The fourth-order valence-corrected chi connectivity index (χ4v) is 4.89. The second kappa shape index (κ2) is 5.42. The molecule has 2 aromatic rings. The molecule has 0 aliphatic carbocycles. The highest BCUT2D eigenvalue weighted by Crippen LogP contribution is 2.29. The van der Waals surface area contributed by atoms with Crippen LogP contribution in [0, 0.1) is 0 Å². The lowest BCUT2D eigenvalue weighted by molar-refractivity contribution is 0.0761. The summed E-state index contributed by atoms with van der Waals surface area (Å²) in [5.74, 6) is 0. The third-order valence-corrected chi connectivity index (χ3v) is 6.38. The summed E-state index contributed by atoms with van der Waals surface area (Å²) in [7, 11) is -1.98. The standard InChI is InChI=1S/C13H15NO4S2/c1-17-11-8-18-7-10(11)14-20(15,16)13-6-9-4-2-3-5-12(9)19-13/h2-6,10-11,14H,7-8H2,1H3/t10-,11-/m0/s1. The Labute approximate surface area is 121 Å². The first-order chi connectivity index (χ1) is 9.60. The molecule has 5 nitrogen and oxygen atoms in total. The van der Waals surface area contributed by atoms with Crippen molar-refractivity contribution in [1.82, 2.24) is 4.72 Å². The van der Waals surface area contributed by atoms with Gasteiger partial charge in [0, 0.05) is 11.8 Å². The lowest BCUT2D eigenvalue weighted by Crippen LogP contribution is -2.43. The number of ether oxygens (including phenoxy) is 2. The summed E-state index contributed by atoms with van der Waals surface area (Å²) >= 11 is 1.26. The Morgan fingerprint density at radius 1 is 1.35 bits per heavy atom. The van der Waals surface area contributed by atoms with Crippen LogP contribution < -0.4 is 4.72 Å². The first kappa shape index (κ1) is 14.0. The lowest BCUT2D eigenvalue weighted by atomic mass is 10.2. The third kappa shape index (κ3) is 2.59. The largest absolute Gasteiger partial charge is 0.377 e. The van der Waals surface area contributed by atoms with E-state index in [1.807, 2.05) is 24.3 Å². The van der Waals surface area contributed by atoms with E-state index in [9.17, 15) is 8.42 Å². The fourth-order valence-electron chi connectivity index (χ4n) is 2.22. The molecule has 0 radical (unpaired) electrons. The van der Waals surface area contributed by atoms with Crippen LogP contribution in [0.15, 0.2) is 34.5 Å². The van der Waals surface area contributed by atoms with Crippen LogP contribution in [0.1, 0.15) is 0 Å². The summed E-state index contributed by atoms with van der Waals surface area (Å²) in [4.78, 5) is 0. The number of benzene rings is 1. The number of thiophene rings is 1. The van der Waals surface area contributed by atoms with Gasteiger partial charge in [0.25, 0.3) is 10.0 Å². The van der Waals surface area contributed by atoms with E-state index in [4.69, 9.17) is 9.47 Å². The van der Waals surface area contributed by atoms with E-state index in [1.54, 1.807) is 13.2 Å². The molecular formula is C13H15NO4S2. The zero-order chi connectivity index (χ0) is 14.2. The lowest BCUT2D eigenvalue weighted by Gasteiger charge is -2.16. The Balaban J connectivity index is 1.87. The van der Waals surface area contributed by atoms with E-state index in [0.717, 1.165) is 10.1 Å². The highest BCUT2D eigenvalue weighted by atomic mass is 32.2. The molecule has 0 amide bonds. The summed E-state index contributed by atoms with van der Waals surface area (Å²) in [6, 6.07) is 8.96. The van der Waals surface area contributed by atoms with Gasteiger partial charge in [0.05, 0.1) is 25.4 Å². The maximum Gasteiger partial charge on any atom is 0.250 e. The monoisotopic (exact) mass is 313 g/mol. The molecule has 0 saturated carbocycles. The second-order valence-corrected chi connectivity index (χ2v) is 7.67. The van der Waals surface area contributed by atoms with Crippen LogP contribution in [0.25, 0.3) is 10.1 Å². The molecule has 1 aromatic carbocycles. The van der Waals surface area contributed by atoms with E-state index in [2.05, 4.69) is 4.72 Å². The van der Waals surface area contributed by atoms with Gasteiger partial charge < -0.3 is 9.47 Å². The maximum absolute atomic E-state index is 12.4. The van der Waals surface area contributed by atoms with Gasteiger partial charge in [-0.05, 0) is 17.5 Å². The number of hydrogen-bond donors (Lipinski definition) is 1. The predicted molar refractivity (Wildman–Crippen MR) is 77.6 cm³/mol. The quantitative estimate of drug-likeness (QED) is 0.931. The molecule has 1 N–H and O–H groups in total. The number of hydrogen-bond acceptors (Lipinski definition) is 5. The fraction of sp³-hybridized carbons (Fsp3) is 0.385.